The van der Waals surface area contributed by atoms with Gasteiger partial charge in [0.05, 0.1) is 10.4 Å². The second kappa shape index (κ2) is 7.23. The molecule has 5 heteroatoms. The van der Waals surface area contributed by atoms with Gasteiger partial charge in [-0.25, -0.2) is 0 Å². The van der Waals surface area contributed by atoms with Gasteiger partial charge in [-0.05, 0) is 25.0 Å². The van der Waals surface area contributed by atoms with Crippen molar-refractivity contribution in [3.05, 3.63) is 21.3 Å². The summed E-state index contributed by atoms with van der Waals surface area (Å²) in [5.41, 5.74) is 6.23. The van der Waals surface area contributed by atoms with E-state index in [1.165, 1.54) is 11.4 Å². The predicted octanol–water partition coefficient (Wildman–Crippen LogP) is 3.06. The van der Waals surface area contributed by atoms with Crippen molar-refractivity contribution in [1.29, 1.82) is 0 Å². The molecule has 114 valence electrons. The molecule has 0 aliphatic carbocycles. The number of nitrogens with two attached hydrogens (primary N) is 1. The molecule has 0 saturated carbocycles. The van der Waals surface area contributed by atoms with Gasteiger partial charge in [0.1, 0.15) is 0 Å². The fraction of sp³-hybridized carbons (Fsp3) is 0.733. The Morgan fingerprint density at radius 2 is 1.85 bits per heavy atom. The zero-order valence-electron chi connectivity index (χ0n) is 12.7. The molecule has 1 aromatic heterocycles. The number of piperazine rings is 1. The van der Waals surface area contributed by atoms with Gasteiger partial charge in [0.15, 0.2) is 0 Å². The van der Waals surface area contributed by atoms with E-state index in [1.807, 2.05) is 6.07 Å². The van der Waals surface area contributed by atoms with Gasteiger partial charge in [-0.2, -0.15) is 0 Å². The minimum atomic E-state index is 0.126. The van der Waals surface area contributed by atoms with Crippen LogP contribution in [0.2, 0.25) is 4.34 Å². The normalized spacial score (nSPS) is 21.3. The molecule has 2 atom stereocenters. The Hall–Kier alpha value is -0.130. The summed E-state index contributed by atoms with van der Waals surface area (Å²) in [6.07, 6.45) is 0. The molecule has 1 fully saturated rings. The highest BCUT2D eigenvalue weighted by Gasteiger charge is 2.28. The summed E-state index contributed by atoms with van der Waals surface area (Å²) in [4.78, 5) is 6.37. The lowest BCUT2D eigenvalue weighted by molar-refractivity contribution is 0.0818. The van der Waals surface area contributed by atoms with E-state index in [2.05, 4.69) is 36.6 Å². The summed E-state index contributed by atoms with van der Waals surface area (Å²) >= 11 is 7.74. The van der Waals surface area contributed by atoms with Crippen LogP contribution in [-0.2, 0) is 0 Å². The van der Waals surface area contributed by atoms with E-state index >= 15 is 0 Å². The van der Waals surface area contributed by atoms with Crippen LogP contribution in [0.15, 0.2) is 12.1 Å². The van der Waals surface area contributed by atoms with Crippen molar-refractivity contribution in [2.24, 2.45) is 11.7 Å². The summed E-state index contributed by atoms with van der Waals surface area (Å²) < 4.78 is 0.851. The summed E-state index contributed by atoms with van der Waals surface area (Å²) in [5, 5.41) is 0. The maximum Gasteiger partial charge on any atom is 0.0931 e. The lowest BCUT2D eigenvalue weighted by Crippen LogP contribution is -2.51. The van der Waals surface area contributed by atoms with Gasteiger partial charge in [-0.3, -0.25) is 4.90 Å². The predicted molar refractivity (Wildman–Crippen MR) is 88.6 cm³/mol. The highest BCUT2D eigenvalue weighted by Crippen LogP contribution is 2.32. The van der Waals surface area contributed by atoms with Crippen molar-refractivity contribution >= 4 is 22.9 Å². The third-order valence-electron chi connectivity index (χ3n) is 3.81. The van der Waals surface area contributed by atoms with Crippen LogP contribution in [0.3, 0.4) is 0 Å². The first kappa shape index (κ1) is 16.2. The molecule has 2 N–H and O–H groups in total. The minimum absolute atomic E-state index is 0.126. The molecule has 2 heterocycles. The lowest BCUT2D eigenvalue weighted by atomic mass is 10.1. The second-order valence-electron chi connectivity index (χ2n) is 6.18. The molecule has 0 amide bonds. The molecule has 0 spiro atoms. The summed E-state index contributed by atoms with van der Waals surface area (Å²) in [5.74, 6) is 0.738. The number of hydrogen-bond acceptors (Lipinski definition) is 4. The van der Waals surface area contributed by atoms with Crippen LogP contribution in [0, 0.1) is 5.92 Å². The number of hydrogen-bond donors (Lipinski definition) is 1. The average Bonchev–Trinajstić information content (AvgIpc) is 2.77. The smallest absolute Gasteiger partial charge is 0.0931 e. The molecule has 2 unspecified atom stereocenters. The Labute approximate surface area is 131 Å². The van der Waals surface area contributed by atoms with E-state index in [-0.39, 0.29) is 6.04 Å². The largest absolute Gasteiger partial charge is 0.326 e. The number of thiophene rings is 1. The van der Waals surface area contributed by atoms with E-state index in [0.717, 1.165) is 36.4 Å². The third-order valence-corrected chi connectivity index (χ3v) is 5.11. The molecule has 2 rings (SSSR count). The maximum atomic E-state index is 6.23. The molecule has 1 aliphatic heterocycles. The van der Waals surface area contributed by atoms with Crippen LogP contribution in [-0.4, -0.2) is 48.6 Å². The molecule has 1 aromatic rings. The number of nitrogens with zero attached hydrogens (tertiary/aromatic N) is 2. The molecule has 20 heavy (non-hydrogen) atoms. The van der Waals surface area contributed by atoms with Gasteiger partial charge >= 0.3 is 0 Å². The Bertz CT molecular complexity index is 411. The third kappa shape index (κ3) is 4.18. The van der Waals surface area contributed by atoms with Crippen molar-refractivity contribution < 1.29 is 0 Å². The number of rotatable bonds is 5. The van der Waals surface area contributed by atoms with Gasteiger partial charge < -0.3 is 10.6 Å². The first-order chi connectivity index (χ1) is 9.47. The van der Waals surface area contributed by atoms with E-state index in [9.17, 15) is 0 Å². The average molecular weight is 316 g/mol. The Balaban J connectivity index is 1.99. The minimum Gasteiger partial charge on any atom is -0.326 e. The van der Waals surface area contributed by atoms with Gasteiger partial charge in [-0.1, -0.05) is 25.4 Å². The van der Waals surface area contributed by atoms with E-state index in [0.29, 0.717) is 6.04 Å². The first-order valence-corrected chi connectivity index (χ1v) is 8.64. The van der Waals surface area contributed by atoms with Gasteiger partial charge in [0.25, 0.3) is 0 Å². The standard InChI is InChI=1S/C15H26ClN3S/c1-11(2)10-18-6-8-19(9-7-18)15(12(3)17)13-4-5-14(16)20-13/h4-5,11-12,15H,6-10,17H2,1-3H3. The SMILES string of the molecule is CC(C)CN1CCN(C(c2ccc(Cl)s2)C(C)N)CC1. The molecule has 1 saturated heterocycles. The molecular weight excluding hydrogens is 290 g/mol. The van der Waals surface area contributed by atoms with Gasteiger partial charge in [0.2, 0.25) is 0 Å². The molecule has 0 aromatic carbocycles. The summed E-state index contributed by atoms with van der Waals surface area (Å²) in [7, 11) is 0. The summed E-state index contributed by atoms with van der Waals surface area (Å²) in [6.45, 7) is 12.3. The fourth-order valence-electron chi connectivity index (χ4n) is 3.00. The van der Waals surface area contributed by atoms with Crippen LogP contribution in [0.5, 0.6) is 0 Å². The van der Waals surface area contributed by atoms with E-state index in [1.54, 1.807) is 11.3 Å². The van der Waals surface area contributed by atoms with Crippen LogP contribution >= 0.6 is 22.9 Å². The van der Waals surface area contributed by atoms with Crippen LogP contribution in [0.25, 0.3) is 0 Å². The quantitative estimate of drug-likeness (QED) is 0.906. The number of halogens is 1. The van der Waals surface area contributed by atoms with E-state index < -0.39 is 0 Å². The first-order valence-electron chi connectivity index (χ1n) is 7.44. The van der Waals surface area contributed by atoms with Crippen molar-refractivity contribution in [3.63, 3.8) is 0 Å². The van der Waals surface area contributed by atoms with Crippen LogP contribution < -0.4 is 5.73 Å². The highest BCUT2D eigenvalue weighted by molar-refractivity contribution is 7.16. The molecule has 1 aliphatic rings. The van der Waals surface area contributed by atoms with Gasteiger partial charge in [-0.15, -0.1) is 11.3 Å². The maximum absolute atomic E-state index is 6.23. The molecule has 3 nitrogen and oxygen atoms in total. The molecule has 0 radical (unpaired) electrons. The topological polar surface area (TPSA) is 32.5 Å². The van der Waals surface area contributed by atoms with Crippen molar-refractivity contribution in [2.75, 3.05) is 32.7 Å². The zero-order valence-corrected chi connectivity index (χ0v) is 14.3. The second-order valence-corrected chi connectivity index (χ2v) is 7.92. The van der Waals surface area contributed by atoms with Crippen LogP contribution in [0.1, 0.15) is 31.7 Å². The van der Waals surface area contributed by atoms with Crippen molar-refractivity contribution in [1.82, 2.24) is 9.80 Å². The Kier molecular flexibility index (Phi) is 5.87. The van der Waals surface area contributed by atoms with Crippen molar-refractivity contribution in [3.8, 4) is 0 Å². The summed E-state index contributed by atoms with van der Waals surface area (Å²) in [6, 6.07) is 4.53. The van der Waals surface area contributed by atoms with Gasteiger partial charge in [0, 0.05) is 43.6 Å². The Morgan fingerprint density at radius 1 is 1.20 bits per heavy atom. The van der Waals surface area contributed by atoms with E-state index in [4.69, 9.17) is 17.3 Å². The van der Waals surface area contributed by atoms with Crippen LogP contribution in [0.4, 0.5) is 0 Å². The monoisotopic (exact) mass is 315 g/mol. The Morgan fingerprint density at radius 3 is 2.30 bits per heavy atom. The lowest BCUT2D eigenvalue weighted by Gasteiger charge is -2.40. The zero-order chi connectivity index (χ0) is 14.7. The fourth-order valence-corrected chi connectivity index (χ4v) is 4.31. The molecular formula is C15H26ClN3S. The highest BCUT2D eigenvalue weighted by atomic mass is 35.5. The van der Waals surface area contributed by atoms with Crippen molar-refractivity contribution in [2.45, 2.75) is 32.9 Å². The molecule has 0 bridgehead atoms.